The molecule has 0 saturated heterocycles. The summed E-state index contributed by atoms with van der Waals surface area (Å²) in [6, 6.07) is 5.24. The third-order valence-electron chi connectivity index (χ3n) is 2.38. The van der Waals surface area contributed by atoms with Gasteiger partial charge in [0.05, 0.1) is 24.8 Å². The van der Waals surface area contributed by atoms with Crippen molar-refractivity contribution in [2.75, 3.05) is 33.9 Å². The first-order chi connectivity index (χ1) is 8.19. The lowest BCUT2D eigenvalue weighted by Crippen LogP contribution is -2.24. The highest BCUT2D eigenvalue weighted by Gasteiger charge is 2.09. The van der Waals surface area contributed by atoms with Gasteiger partial charge < -0.3 is 19.9 Å². The number of halogens is 1. The van der Waals surface area contributed by atoms with E-state index in [0.29, 0.717) is 30.5 Å². The fourth-order valence-corrected chi connectivity index (χ4v) is 1.61. The number of hydrogen-bond donors (Lipinski definition) is 2. The van der Waals surface area contributed by atoms with Crippen LogP contribution in [-0.4, -0.2) is 39.0 Å². The molecule has 0 aliphatic carbocycles. The highest BCUT2D eigenvalue weighted by Crippen LogP contribution is 2.27. The van der Waals surface area contributed by atoms with Gasteiger partial charge >= 0.3 is 0 Å². The number of hydrogen-bond acceptors (Lipinski definition) is 4. The van der Waals surface area contributed by atoms with Crippen LogP contribution in [0.4, 0.5) is 0 Å². The minimum Gasteiger partial charge on any atom is -0.495 e. The first kappa shape index (κ1) is 14.3. The molecule has 5 heteroatoms. The summed E-state index contributed by atoms with van der Waals surface area (Å²) in [6.07, 6.45) is -0.585. The average molecular weight is 260 g/mol. The van der Waals surface area contributed by atoms with E-state index in [1.165, 1.54) is 0 Å². The lowest BCUT2D eigenvalue weighted by Gasteiger charge is -2.13. The van der Waals surface area contributed by atoms with E-state index in [0.717, 1.165) is 5.56 Å². The van der Waals surface area contributed by atoms with E-state index in [9.17, 15) is 5.11 Å². The van der Waals surface area contributed by atoms with E-state index in [4.69, 9.17) is 21.1 Å². The third kappa shape index (κ3) is 4.52. The molecular weight excluding hydrogens is 242 g/mol. The molecule has 1 aromatic rings. The van der Waals surface area contributed by atoms with Crippen LogP contribution >= 0.6 is 11.6 Å². The molecule has 1 aromatic carbocycles. The van der Waals surface area contributed by atoms with Crippen LogP contribution in [0, 0.1) is 0 Å². The summed E-state index contributed by atoms with van der Waals surface area (Å²) < 4.78 is 10.00. The Hall–Kier alpha value is -0.810. The van der Waals surface area contributed by atoms with Gasteiger partial charge in [-0.05, 0) is 17.7 Å². The highest BCUT2D eigenvalue weighted by atomic mass is 35.5. The molecule has 0 bridgehead atoms. The van der Waals surface area contributed by atoms with Crippen molar-refractivity contribution in [2.45, 2.75) is 6.10 Å². The fourth-order valence-electron chi connectivity index (χ4n) is 1.41. The molecule has 0 heterocycles. The minimum absolute atomic E-state index is 0.466. The van der Waals surface area contributed by atoms with Gasteiger partial charge in [-0.15, -0.1) is 0 Å². The van der Waals surface area contributed by atoms with Crippen molar-refractivity contribution in [3.05, 3.63) is 28.8 Å². The molecular formula is C12H18ClNO3. The van der Waals surface area contributed by atoms with E-state index in [1.54, 1.807) is 32.4 Å². The number of aliphatic hydroxyl groups excluding tert-OH is 1. The Morgan fingerprint density at radius 2 is 2.18 bits per heavy atom. The molecule has 0 spiro atoms. The summed E-state index contributed by atoms with van der Waals surface area (Å²) in [6.45, 7) is 1.79. The topological polar surface area (TPSA) is 50.7 Å². The molecule has 0 amide bonds. The first-order valence-corrected chi connectivity index (χ1v) is 5.78. The van der Waals surface area contributed by atoms with Gasteiger partial charge in [0, 0.05) is 20.2 Å². The molecule has 1 unspecified atom stereocenters. The standard InChI is InChI=1S/C12H18ClNO3/c1-16-6-5-14-8-11(15)9-3-4-10(13)12(7-9)17-2/h3-4,7,11,14-15H,5-6,8H2,1-2H3. The summed E-state index contributed by atoms with van der Waals surface area (Å²) >= 11 is 5.91. The van der Waals surface area contributed by atoms with Gasteiger partial charge in [-0.3, -0.25) is 0 Å². The van der Waals surface area contributed by atoms with Crippen molar-refractivity contribution in [1.82, 2.24) is 5.32 Å². The molecule has 2 N–H and O–H groups in total. The number of aliphatic hydroxyl groups is 1. The van der Waals surface area contributed by atoms with Crippen LogP contribution in [-0.2, 0) is 4.74 Å². The Bertz CT molecular complexity index is 347. The van der Waals surface area contributed by atoms with Gasteiger partial charge in [-0.2, -0.15) is 0 Å². The van der Waals surface area contributed by atoms with Crippen LogP contribution < -0.4 is 10.1 Å². The van der Waals surface area contributed by atoms with Crippen molar-refractivity contribution in [3.63, 3.8) is 0 Å². The van der Waals surface area contributed by atoms with Crippen LogP contribution in [0.15, 0.2) is 18.2 Å². The molecule has 0 saturated carbocycles. The first-order valence-electron chi connectivity index (χ1n) is 5.40. The summed E-state index contributed by atoms with van der Waals surface area (Å²) in [5.41, 5.74) is 0.774. The number of rotatable bonds is 7. The molecule has 0 aliphatic rings. The molecule has 1 atom stereocenters. The second-order valence-electron chi connectivity index (χ2n) is 3.61. The average Bonchev–Trinajstić information content (AvgIpc) is 2.35. The predicted octanol–water partition coefficient (Wildman–Crippen LogP) is 1.62. The van der Waals surface area contributed by atoms with Gasteiger partial charge in [0.1, 0.15) is 5.75 Å². The maximum absolute atomic E-state index is 9.93. The van der Waals surface area contributed by atoms with E-state index in [-0.39, 0.29) is 0 Å². The van der Waals surface area contributed by atoms with Crippen molar-refractivity contribution in [2.24, 2.45) is 0 Å². The maximum atomic E-state index is 9.93. The SMILES string of the molecule is COCCNCC(O)c1ccc(Cl)c(OC)c1. The minimum atomic E-state index is -0.585. The number of benzene rings is 1. The van der Waals surface area contributed by atoms with Crippen LogP contribution in [0.2, 0.25) is 5.02 Å². The van der Waals surface area contributed by atoms with E-state index < -0.39 is 6.10 Å². The van der Waals surface area contributed by atoms with Crippen molar-refractivity contribution in [1.29, 1.82) is 0 Å². The van der Waals surface area contributed by atoms with Crippen molar-refractivity contribution < 1.29 is 14.6 Å². The largest absolute Gasteiger partial charge is 0.495 e. The lowest BCUT2D eigenvalue weighted by atomic mass is 10.1. The molecule has 1 rings (SSSR count). The number of nitrogens with one attached hydrogen (secondary N) is 1. The zero-order valence-corrected chi connectivity index (χ0v) is 10.8. The van der Waals surface area contributed by atoms with Crippen molar-refractivity contribution in [3.8, 4) is 5.75 Å². The molecule has 0 aromatic heterocycles. The molecule has 0 radical (unpaired) electrons. The molecule has 0 aliphatic heterocycles. The Balaban J connectivity index is 2.53. The van der Waals surface area contributed by atoms with Crippen LogP contribution in [0.3, 0.4) is 0 Å². The number of methoxy groups -OCH3 is 2. The molecule has 17 heavy (non-hydrogen) atoms. The Morgan fingerprint density at radius 3 is 2.82 bits per heavy atom. The normalized spacial score (nSPS) is 12.5. The number of ether oxygens (including phenoxy) is 2. The predicted molar refractivity (Wildman–Crippen MR) is 67.7 cm³/mol. The van der Waals surface area contributed by atoms with E-state index >= 15 is 0 Å². The van der Waals surface area contributed by atoms with Crippen LogP contribution in [0.5, 0.6) is 5.75 Å². The summed E-state index contributed by atoms with van der Waals surface area (Å²) in [5.74, 6) is 0.570. The quantitative estimate of drug-likeness (QED) is 0.731. The maximum Gasteiger partial charge on any atom is 0.137 e. The van der Waals surface area contributed by atoms with Crippen LogP contribution in [0.1, 0.15) is 11.7 Å². The zero-order valence-electron chi connectivity index (χ0n) is 10.1. The van der Waals surface area contributed by atoms with E-state index in [2.05, 4.69) is 5.32 Å². The summed E-state index contributed by atoms with van der Waals surface area (Å²) in [7, 11) is 3.19. The van der Waals surface area contributed by atoms with Gasteiger partial charge in [0.2, 0.25) is 0 Å². The molecule has 0 fully saturated rings. The Morgan fingerprint density at radius 1 is 1.41 bits per heavy atom. The Kier molecular flexibility index (Phi) is 6.29. The van der Waals surface area contributed by atoms with Crippen LogP contribution in [0.25, 0.3) is 0 Å². The second kappa shape index (κ2) is 7.50. The summed E-state index contributed by atoms with van der Waals surface area (Å²) in [4.78, 5) is 0. The monoisotopic (exact) mass is 259 g/mol. The van der Waals surface area contributed by atoms with Crippen molar-refractivity contribution >= 4 is 11.6 Å². The molecule has 4 nitrogen and oxygen atoms in total. The second-order valence-corrected chi connectivity index (χ2v) is 4.01. The highest BCUT2D eigenvalue weighted by molar-refractivity contribution is 6.32. The van der Waals surface area contributed by atoms with E-state index in [1.807, 2.05) is 0 Å². The van der Waals surface area contributed by atoms with Gasteiger partial charge in [0.25, 0.3) is 0 Å². The lowest BCUT2D eigenvalue weighted by molar-refractivity contribution is 0.161. The zero-order chi connectivity index (χ0) is 12.7. The third-order valence-corrected chi connectivity index (χ3v) is 2.69. The fraction of sp³-hybridized carbons (Fsp3) is 0.500. The molecule has 96 valence electrons. The smallest absolute Gasteiger partial charge is 0.137 e. The van der Waals surface area contributed by atoms with Gasteiger partial charge in [0.15, 0.2) is 0 Å². The Labute approximate surface area is 106 Å². The summed E-state index contributed by atoms with van der Waals surface area (Å²) in [5, 5.41) is 13.6. The van der Waals surface area contributed by atoms with Gasteiger partial charge in [-0.25, -0.2) is 0 Å². The van der Waals surface area contributed by atoms with Gasteiger partial charge in [-0.1, -0.05) is 17.7 Å².